The Morgan fingerprint density at radius 3 is 2.85 bits per heavy atom. The number of amides is 1. The quantitative estimate of drug-likeness (QED) is 0.322. The normalized spacial score (nSPS) is 12.4. The Morgan fingerprint density at radius 2 is 2.00 bits per heavy atom. The van der Waals surface area contributed by atoms with Crippen LogP contribution in [0.15, 0.2) is 54.2 Å². The third-order valence-corrected chi connectivity index (χ3v) is 6.95. The lowest BCUT2D eigenvalue weighted by molar-refractivity contribution is -0.116. The van der Waals surface area contributed by atoms with E-state index in [0.29, 0.717) is 29.6 Å². The molecule has 34 heavy (non-hydrogen) atoms. The molecule has 6 bridgehead atoms. The standard InChI is InChI=1S/C25H23ClN6OS/c1-15-22(34-14-28-15)9-10-23(33)31-21-8-7-19-12-17(21)6-5-16-3-2-4-18(11-16)30-25-27-13-20(26)24(29-19)32-25/h2-4,7-8,11-14H,5-6,9-10H2,1H3,(H,31,33)(H2,27,29,30,32). The molecule has 1 aliphatic heterocycles. The van der Waals surface area contributed by atoms with Crippen molar-refractivity contribution >= 4 is 57.7 Å². The van der Waals surface area contributed by atoms with Gasteiger partial charge in [-0.25, -0.2) is 9.97 Å². The number of thiazole rings is 1. The van der Waals surface area contributed by atoms with Crippen molar-refractivity contribution in [1.29, 1.82) is 0 Å². The van der Waals surface area contributed by atoms with Crippen molar-refractivity contribution in [1.82, 2.24) is 15.0 Å². The molecule has 0 saturated heterocycles. The molecule has 0 fully saturated rings. The second-order valence-corrected chi connectivity index (χ2v) is 9.47. The smallest absolute Gasteiger partial charge is 0.229 e. The Kier molecular flexibility index (Phi) is 6.42. The third kappa shape index (κ3) is 5.18. The minimum absolute atomic E-state index is 0.0117. The van der Waals surface area contributed by atoms with Crippen LogP contribution in [0.5, 0.6) is 0 Å². The number of hydrogen-bond donors (Lipinski definition) is 3. The fraction of sp³-hybridized carbons (Fsp3) is 0.200. The lowest BCUT2D eigenvalue weighted by atomic mass is 10.0. The van der Waals surface area contributed by atoms with Gasteiger partial charge in [-0.1, -0.05) is 23.7 Å². The minimum atomic E-state index is -0.0117. The summed E-state index contributed by atoms with van der Waals surface area (Å²) in [7, 11) is 0. The second kappa shape index (κ2) is 9.79. The number of fused-ring (bicyclic) bond motifs is 6. The molecule has 4 aromatic rings. The molecule has 7 nitrogen and oxygen atoms in total. The van der Waals surface area contributed by atoms with Crippen molar-refractivity contribution < 1.29 is 4.79 Å². The molecule has 0 spiro atoms. The summed E-state index contributed by atoms with van der Waals surface area (Å²) in [6, 6.07) is 14.0. The second-order valence-electron chi connectivity index (χ2n) is 8.12. The topological polar surface area (TPSA) is 91.8 Å². The highest BCUT2D eigenvalue weighted by molar-refractivity contribution is 7.09. The van der Waals surface area contributed by atoms with Gasteiger partial charge in [0, 0.05) is 28.4 Å². The summed E-state index contributed by atoms with van der Waals surface area (Å²) in [5, 5.41) is 10.1. The maximum atomic E-state index is 12.7. The number of hydrogen-bond acceptors (Lipinski definition) is 7. The predicted molar refractivity (Wildman–Crippen MR) is 138 cm³/mol. The van der Waals surface area contributed by atoms with Crippen LogP contribution in [0.25, 0.3) is 0 Å². The largest absolute Gasteiger partial charge is 0.339 e. The number of benzene rings is 2. The molecular formula is C25H23ClN6OS. The van der Waals surface area contributed by atoms with E-state index in [1.165, 1.54) is 5.56 Å². The highest BCUT2D eigenvalue weighted by atomic mass is 35.5. The van der Waals surface area contributed by atoms with E-state index in [1.54, 1.807) is 17.5 Å². The van der Waals surface area contributed by atoms with Gasteiger partial charge in [0.05, 0.1) is 17.4 Å². The van der Waals surface area contributed by atoms with Gasteiger partial charge in [-0.2, -0.15) is 4.98 Å². The maximum absolute atomic E-state index is 12.7. The third-order valence-electron chi connectivity index (χ3n) is 5.68. The van der Waals surface area contributed by atoms with Crippen molar-refractivity contribution in [3.05, 3.63) is 80.9 Å². The SMILES string of the molecule is Cc1ncsc1CCC(=O)Nc1ccc2cc1CCc1cccc(c1)Nc1ncc(Cl)c(n1)N2. The van der Waals surface area contributed by atoms with Crippen LogP contribution in [-0.4, -0.2) is 20.9 Å². The molecule has 3 heterocycles. The summed E-state index contributed by atoms with van der Waals surface area (Å²) in [5.41, 5.74) is 7.59. The monoisotopic (exact) mass is 490 g/mol. The number of aryl methyl sites for hydroxylation is 4. The molecule has 1 amide bonds. The number of halogens is 1. The predicted octanol–water partition coefficient (Wildman–Crippen LogP) is 6.05. The van der Waals surface area contributed by atoms with Gasteiger partial charge in [0.25, 0.3) is 0 Å². The van der Waals surface area contributed by atoms with E-state index in [-0.39, 0.29) is 5.91 Å². The number of anilines is 5. The van der Waals surface area contributed by atoms with Crippen molar-refractivity contribution in [2.75, 3.05) is 16.0 Å². The number of carbonyl (C=O) groups is 1. The van der Waals surface area contributed by atoms with Crippen LogP contribution >= 0.6 is 22.9 Å². The van der Waals surface area contributed by atoms with Crippen LogP contribution in [0, 0.1) is 6.92 Å². The molecule has 3 N–H and O–H groups in total. The number of rotatable bonds is 4. The van der Waals surface area contributed by atoms with Gasteiger partial charge in [-0.3, -0.25) is 4.79 Å². The fourth-order valence-electron chi connectivity index (χ4n) is 3.87. The van der Waals surface area contributed by atoms with E-state index in [4.69, 9.17) is 11.6 Å². The van der Waals surface area contributed by atoms with Crippen molar-refractivity contribution in [2.45, 2.75) is 32.6 Å². The summed E-state index contributed by atoms with van der Waals surface area (Å²) in [6.45, 7) is 1.97. The number of nitrogens with zero attached hydrogens (tertiary/aromatic N) is 3. The average molecular weight is 491 g/mol. The van der Waals surface area contributed by atoms with E-state index >= 15 is 0 Å². The highest BCUT2D eigenvalue weighted by Gasteiger charge is 2.13. The minimum Gasteiger partial charge on any atom is -0.339 e. The maximum Gasteiger partial charge on any atom is 0.229 e. The Balaban J connectivity index is 1.42. The molecule has 0 unspecified atom stereocenters. The molecule has 1 aliphatic rings. The average Bonchev–Trinajstić information content (AvgIpc) is 3.24. The first-order valence-electron chi connectivity index (χ1n) is 11.0. The Bertz CT molecular complexity index is 1350. The molecule has 0 saturated carbocycles. The molecule has 2 aromatic carbocycles. The summed E-state index contributed by atoms with van der Waals surface area (Å²) >= 11 is 7.94. The summed E-state index contributed by atoms with van der Waals surface area (Å²) < 4.78 is 0. The van der Waals surface area contributed by atoms with Crippen LogP contribution in [0.1, 0.15) is 28.1 Å². The van der Waals surface area contributed by atoms with Crippen molar-refractivity contribution in [3.63, 3.8) is 0 Å². The zero-order chi connectivity index (χ0) is 23.5. The van der Waals surface area contributed by atoms with Crippen molar-refractivity contribution in [2.24, 2.45) is 0 Å². The molecule has 2 aromatic heterocycles. The van der Waals surface area contributed by atoms with E-state index in [1.807, 2.05) is 42.8 Å². The molecule has 0 aliphatic carbocycles. The first-order valence-corrected chi connectivity index (χ1v) is 12.3. The Labute approximate surface area is 206 Å². The first-order chi connectivity index (χ1) is 16.5. The van der Waals surface area contributed by atoms with E-state index < -0.39 is 0 Å². The number of carbonyl (C=O) groups excluding carboxylic acids is 1. The van der Waals surface area contributed by atoms with Crippen LogP contribution in [-0.2, 0) is 24.1 Å². The van der Waals surface area contributed by atoms with Crippen LogP contribution in [0.4, 0.5) is 28.8 Å². The molecule has 5 rings (SSSR count). The van der Waals surface area contributed by atoms with Crippen molar-refractivity contribution in [3.8, 4) is 0 Å². The zero-order valence-corrected chi connectivity index (χ0v) is 20.1. The van der Waals surface area contributed by atoms with Gasteiger partial charge in [0.1, 0.15) is 5.02 Å². The van der Waals surface area contributed by atoms with E-state index in [0.717, 1.165) is 46.0 Å². The molecule has 9 heteroatoms. The van der Waals surface area contributed by atoms with E-state index in [9.17, 15) is 4.79 Å². The van der Waals surface area contributed by atoms with Crippen LogP contribution < -0.4 is 16.0 Å². The zero-order valence-electron chi connectivity index (χ0n) is 18.6. The molecule has 0 atom stereocenters. The highest BCUT2D eigenvalue weighted by Crippen LogP contribution is 2.29. The Hall–Kier alpha value is -3.49. The number of aromatic nitrogens is 3. The van der Waals surface area contributed by atoms with Gasteiger partial charge in [-0.05, 0) is 67.6 Å². The molecule has 172 valence electrons. The summed E-state index contributed by atoms with van der Waals surface area (Å²) in [4.78, 5) is 27.0. The fourth-order valence-corrected chi connectivity index (χ4v) is 4.79. The van der Waals surface area contributed by atoms with Gasteiger partial charge in [0.15, 0.2) is 5.82 Å². The van der Waals surface area contributed by atoms with Gasteiger partial charge >= 0.3 is 0 Å². The molecular weight excluding hydrogens is 468 g/mol. The summed E-state index contributed by atoms with van der Waals surface area (Å²) in [6.07, 6.45) is 4.25. The Morgan fingerprint density at radius 1 is 1.12 bits per heavy atom. The van der Waals surface area contributed by atoms with E-state index in [2.05, 4.69) is 43.0 Å². The summed E-state index contributed by atoms with van der Waals surface area (Å²) in [5.74, 6) is 0.961. The van der Waals surface area contributed by atoms with Crippen LogP contribution in [0.2, 0.25) is 5.02 Å². The van der Waals surface area contributed by atoms with Crippen LogP contribution in [0.3, 0.4) is 0 Å². The number of nitrogens with one attached hydrogen (secondary N) is 3. The van der Waals surface area contributed by atoms with Gasteiger partial charge in [0.2, 0.25) is 11.9 Å². The lowest BCUT2D eigenvalue weighted by Gasteiger charge is -2.14. The lowest BCUT2D eigenvalue weighted by Crippen LogP contribution is -2.14. The first kappa shape index (κ1) is 22.3. The molecule has 0 radical (unpaired) electrons. The van der Waals surface area contributed by atoms with Gasteiger partial charge in [-0.15, -0.1) is 11.3 Å². The van der Waals surface area contributed by atoms with Gasteiger partial charge < -0.3 is 16.0 Å².